The molecule has 3 heterocycles. The second kappa shape index (κ2) is 10.0. The number of aromatic amines is 1. The minimum Gasteiger partial charge on any atom is -0.493 e. The summed E-state index contributed by atoms with van der Waals surface area (Å²) in [6.45, 7) is 1.37. The summed E-state index contributed by atoms with van der Waals surface area (Å²) >= 11 is 0. The molecule has 0 radical (unpaired) electrons. The maximum atomic E-state index is 14.0. The molecule has 0 saturated heterocycles. The Labute approximate surface area is 244 Å². The van der Waals surface area contributed by atoms with Crippen molar-refractivity contribution in [2.75, 3.05) is 13.7 Å². The Bertz CT molecular complexity index is 1940. The van der Waals surface area contributed by atoms with Crippen LogP contribution in [0.4, 0.5) is 4.39 Å². The van der Waals surface area contributed by atoms with E-state index in [0.29, 0.717) is 6.61 Å². The number of benzene rings is 5. The number of nitrogens with zero attached hydrogens (tertiary/aromatic N) is 1. The number of aromatic nitrogens is 1. The molecular formula is C37H31FN2O2. The predicted molar refractivity (Wildman–Crippen MR) is 165 cm³/mol. The number of rotatable bonds is 5. The van der Waals surface area contributed by atoms with Crippen LogP contribution in [0.3, 0.4) is 0 Å². The van der Waals surface area contributed by atoms with Gasteiger partial charge in [-0.25, -0.2) is 4.39 Å². The molecule has 0 fully saturated rings. The molecule has 2 atom stereocenters. The zero-order valence-electron chi connectivity index (χ0n) is 23.4. The van der Waals surface area contributed by atoms with Crippen molar-refractivity contribution >= 4 is 21.7 Å². The van der Waals surface area contributed by atoms with Crippen LogP contribution in [0.5, 0.6) is 11.5 Å². The third-order valence-corrected chi connectivity index (χ3v) is 9.07. The van der Waals surface area contributed by atoms with Crippen molar-refractivity contribution < 1.29 is 13.9 Å². The average Bonchev–Trinajstić information content (AvgIpc) is 3.40. The van der Waals surface area contributed by atoms with Crippen molar-refractivity contribution in [3.63, 3.8) is 0 Å². The number of nitrogens with one attached hydrogen (secondary N) is 1. The Morgan fingerprint density at radius 2 is 1.67 bits per heavy atom. The average molecular weight is 555 g/mol. The van der Waals surface area contributed by atoms with Gasteiger partial charge in [-0.2, -0.15) is 0 Å². The van der Waals surface area contributed by atoms with Gasteiger partial charge in [0.25, 0.3) is 0 Å². The first kappa shape index (κ1) is 25.1. The van der Waals surface area contributed by atoms with E-state index in [2.05, 4.69) is 88.7 Å². The van der Waals surface area contributed by atoms with Crippen LogP contribution >= 0.6 is 0 Å². The summed E-state index contributed by atoms with van der Waals surface area (Å²) in [6.07, 6.45) is 1.79. The van der Waals surface area contributed by atoms with Crippen molar-refractivity contribution in [3.8, 4) is 11.5 Å². The van der Waals surface area contributed by atoms with Crippen LogP contribution < -0.4 is 9.47 Å². The maximum Gasteiger partial charge on any atom is 0.161 e. The first-order valence-electron chi connectivity index (χ1n) is 14.6. The molecule has 0 amide bonds. The van der Waals surface area contributed by atoms with E-state index in [1.54, 1.807) is 19.2 Å². The fourth-order valence-corrected chi connectivity index (χ4v) is 7.06. The number of para-hydroxylation sites is 1. The van der Waals surface area contributed by atoms with Crippen molar-refractivity contribution in [1.82, 2.24) is 9.88 Å². The van der Waals surface area contributed by atoms with E-state index in [4.69, 9.17) is 9.47 Å². The van der Waals surface area contributed by atoms with Crippen molar-refractivity contribution in [1.29, 1.82) is 0 Å². The highest BCUT2D eigenvalue weighted by atomic mass is 19.1. The third kappa shape index (κ3) is 4.15. The maximum absolute atomic E-state index is 14.0. The van der Waals surface area contributed by atoms with Gasteiger partial charge in [0.05, 0.1) is 13.2 Å². The topological polar surface area (TPSA) is 37.5 Å². The van der Waals surface area contributed by atoms with Gasteiger partial charge in [-0.05, 0) is 87.8 Å². The Kier molecular flexibility index (Phi) is 6.00. The highest BCUT2D eigenvalue weighted by Crippen LogP contribution is 2.49. The van der Waals surface area contributed by atoms with Gasteiger partial charge < -0.3 is 14.5 Å². The smallest absolute Gasteiger partial charge is 0.161 e. The largest absolute Gasteiger partial charge is 0.493 e. The summed E-state index contributed by atoms with van der Waals surface area (Å²) in [7, 11) is 1.71. The Morgan fingerprint density at radius 1 is 0.857 bits per heavy atom. The van der Waals surface area contributed by atoms with Crippen LogP contribution in [0, 0.1) is 5.82 Å². The predicted octanol–water partition coefficient (Wildman–Crippen LogP) is 8.29. The van der Waals surface area contributed by atoms with Crippen LogP contribution in [0.2, 0.25) is 0 Å². The van der Waals surface area contributed by atoms with Crippen LogP contribution in [0.1, 0.15) is 45.6 Å². The van der Waals surface area contributed by atoms with Crippen LogP contribution in [-0.4, -0.2) is 23.5 Å². The number of hydrogen-bond acceptors (Lipinski definition) is 3. The third-order valence-electron chi connectivity index (χ3n) is 9.07. The fourth-order valence-electron chi connectivity index (χ4n) is 7.06. The van der Waals surface area contributed by atoms with Gasteiger partial charge in [0.1, 0.15) is 12.4 Å². The molecule has 2 aliphatic heterocycles. The second-order valence-electron chi connectivity index (χ2n) is 11.4. The molecule has 6 aromatic rings. The normalized spacial score (nSPS) is 18.0. The summed E-state index contributed by atoms with van der Waals surface area (Å²) in [5.41, 5.74) is 8.49. The minimum atomic E-state index is -0.215. The van der Waals surface area contributed by atoms with Gasteiger partial charge in [0, 0.05) is 29.2 Å². The first-order chi connectivity index (χ1) is 20.7. The molecule has 0 spiro atoms. The van der Waals surface area contributed by atoms with Gasteiger partial charge in [0.2, 0.25) is 0 Å². The Hall–Kier alpha value is -4.61. The molecule has 2 aliphatic rings. The highest BCUT2D eigenvalue weighted by Gasteiger charge is 2.41. The standard InChI is InChI=1S/C37H31FN2O2/c1-41-34-21-30-27(19-35(34)42-22-23-10-11-24-6-2-3-7-26(24)18-23)16-17-40-33(30)20-31-29-8-4-5-9-32(29)39-36(31)37(40)25-12-14-28(38)15-13-25/h2-15,18-19,21,33,37,39H,16-17,20,22H2,1H3. The van der Waals surface area contributed by atoms with E-state index < -0.39 is 0 Å². The van der Waals surface area contributed by atoms with E-state index >= 15 is 0 Å². The zero-order valence-corrected chi connectivity index (χ0v) is 23.4. The van der Waals surface area contributed by atoms with Gasteiger partial charge in [-0.1, -0.05) is 66.7 Å². The Balaban J connectivity index is 1.17. The summed E-state index contributed by atoms with van der Waals surface area (Å²) in [5, 5.41) is 3.69. The molecule has 0 saturated carbocycles. The summed E-state index contributed by atoms with van der Waals surface area (Å²) in [6, 6.07) is 34.9. The molecule has 1 aromatic heterocycles. The monoisotopic (exact) mass is 554 g/mol. The van der Waals surface area contributed by atoms with Gasteiger partial charge in [0.15, 0.2) is 11.5 Å². The van der Waals surface area contributed by atoms with E-state index in [1.807, 2.05) is 12.1 Å². The van der Waals surface area contributed by atoms with Crippen molar-refractivity contribution in [2.24, 2.45) is 0 Å². The summed E-state index contributed by atoms with van der Waals surface area (Å²) < 4.78 is 26.3. The number of ether oxygens (including phenoxy) is 2. The molecule has 1 N–H and O–H groups in total. The van der Waals surface area contributed by atoms with Gasteiger partial charge >= 0.3 is 0 Å². The number of H-pyrrole nitrogens is 1. The van der Waals surface area contributed by atoms with Crippen LogP contribution in [0.15, 0.2) is 103 Å². The quantitative estimate of drug-likeness (QED) is 0.233. The first-order valence-corrected chi connectivity index (χ1v) is 14.6. The second-order valence-corrected chi connectivity index (χ2v) is 11.4. The molecule has 2 unspecified atom stereocenters. The van der Waals surface area contributed by atoms with E-state index in [0.717, 1.165) is 47.5 Å². The molecule has 0 bridgehead atoms. The molecular weight excluding hydrogens is 523 g/mol. The lowest BCUT2D eigenvalue weighted by molar-refractivity contribution is 0.127. The van der Waals surface area contributed by atoms with Gasteiger partial charge in [-0.3, -0.25) is 4.90 Å². The molecule has 5 aromatic carbocycles. The lowest BCUT2D eigenvalue weighted by atomic mass is 9.80. The SMILES string of the molecule is COc1cc2c(cc1OCc1ccc3ccccc3c1)CCN1C2Cc2c([nH]c3ccccc23)C1c1ccc(F)cc1. The number of methoxy groups -OCH3 is 1. The molecule has 42 heavy (non-hydrogen) atoms. The van der Waals surface area contributed by atoms with Crippen molar-refractivity contribution in [2.45, 2.75) is 31.5 Å². The summed E-state index contributed by atoms with van der Waals surface area (Å²) in [5.74, 6) is 1.31. The molecule has 5 heteroatoms. The lowest BCUT2D eigenvalue weighted by Gasteiger charge is -2.46. The summed E-state index contributed by atoms with van der Waals surface area (Å²) in [4.78, 5) is 6.30. The zero-order chi connectivity index (χ0) is 28.2. The molecule has 8 rings (SSSR count). The van der Waals surface area contributed by atoms with E-state index in [-0.39, 0.29) is 17.9 Å². The highest BCUT2D eigenvalue weighted by molar-refractivity contribution is 5.85. The van der Waals surface area contributed by atoms with Crippen LogP contribution in [0.25, 0.3) is 21.7 Å². The van der Waals surface area contributed by atoms with Gasteiger partial charge in [-0.15, -0.1) is 0 Å². The lowest BCUT2D eigenvalue weighted by Crippen LogP contribution is -2.43. The number of fused-ring (bicyclic) bond motifs is 7. The van der Waals surface area contributed by atoms with Crippen LogP contribution in [-0.2, 0) is 19.4 Å². The number of hydrogen-bond donors (Lipinski definition) is 1. The Morgan fingerprint density at radius 3 is 2.52 bits per heavy atom. The minimum absolute atomic E-state index is 0.00900. The van der Waals surface area contributed by atoms with Crippen molar-refractivity contribution in [3.05, 3.63) is 142 Å². The van der Waals surface area contributed by atoms with E-state index in [9.17, 15) is 4.39 Å². The molecule has 4 nitrogen and oxygen atoms in total. The number of halogens is 1. The molecule has 0 aliphatic carbocycles. The van der Waals surface area contributed by atoms with E-state index in [1.165, 1.54) is 38.5 Å². The fraction of sp³-hybridized carbons (Fsp3) is 0.189. The molecule has 208 valence electrons.